The third kappa shape index (κ3) is 8.11. The quantitative estimate of drug-likeness (QED) is 0.381. The van der Waals surface area contributed by atoms with Crippen LogP contribution in [0.15, 0.2) is 65.2 Å². The molecule has 0 fully saturated rings. The number of rotatable bonds is 10. The largest absolute Gasteiger partial charge is 0.443 e. The number of sulfonamides is 1. The van der Waals surface area contributed by atoms with Gasteiger partial charge in [0.15, 0.2) is 6.10 Å². The van der Waals surface area contributed by atoms with Crippen molar-refractivity contribution in [2.45, 2.75) is 64.3 Å². The van der Waals surface area contributed by atoms with E-state index in [2.05, 4.69) is 15.5 Å². The molecule has 0 aliphatic heterocycles. The van der Waals surface area contributed by atoms with Gasteiger partial charge >= 0.3 is 6.09 Å². The van der Waals surface area contributed by atoms with E-state index in [0.717, 1.165) is 6.26 Å². The lowest BCUT2D eigenvalue weighted by molar-refractivity contribution is -0.126. The first-order chi connectivity index (χ1) is 18.3. The molecular formula is C27H34N4O7S. The molecule has 2 aromatic carbocycles. The standard InChI is InChI=1S/C27H34N4O7S/c1-6-20(22(32)25-29-23(30-38-25)19-15-11-8-12-16-19)28-24(33)21(17-18-13-9-7-10-14-18)31(39(5,35)36)26(34)37-27(2,3)4/h7-16,20-22,32H,6,17H2,1-5H3,(H,28,33)/t20?,21?,22-/m1/s1. The van der Waals surface area contributed by atoms with Crippen LogP contribution in [0, 0.1) is 0 Å². The minimum atomic E-state index is -4.25. The number of aliphatic hydroxyl groups excluding tert-OH is 1. The summed E-state index contributed by atoms with van der Waals surface area (Å²) >= 11 is 0. The summed E-state index contributed by atoms with van der Waals surface area (Å²) in [6.07, 6.45) is -1.63. The van der Waals surface area contributed by atoms with Gasteiger partial charge in [0.1, 0.15) is 11.6 Å². The Balaban J connectivity index is 1.91. The zero-order chi connectivity index (χ0) is 28.8. The Bertz CT molecular complexity index is 1360. The third-order valence-electron chi connectivity index (χ3n) is 5.66. The topological polar surface area (TPSA) is 152 Å². The summed E-state index contributed by atoms with van der Waals surface area (Å²) in [5.41, 5.74) is 0.290. The molecule has 3 aromatic rings. The number of hydrogen-bond acceptors (Lipinski definition) is 9. The summed E-state index contributed by atoms with van der Waals surface area (Å²) in [4.78, 5) is 30.9. The van der Waals surface area contributed by atoms with Gasteiger partial charge in [0.2, 0.25) is 21.8 Å². The molecule has 2 amide bonds. The molecule has 12 heteroatoms. The van der Waals surface area contributed by atoms with Gasteiger partial charge in [-0.25, -0.2) is 13.2 Å². The predicted octanol–water partition coefficient (Wildman–Crippen LogP) is 3.47. The van der Waals surface area contributed by atoms with E-state index in [0.29, 0.717) is 15.4 Å². The fraction of sp³-hybridized carbons (Fsp3) is 0.407. The highest BCUT2D eigenvalue weighted by Gasteiger charge is 2.40. The Hall–Kier alpha value is -3.77. The number of carbonyl (C=O) groups is 2. The van der Waals surface area contributed by atoms with Crippen LogP contribution in [0.1, 0.15) is 51.7 Å². The highest BCUT2D eigenvalue weighted by atomic mass is 32.2. The molecule has 2 N–H and O–H groups in total. The van der Waals surface area contributed by atoms with Gasteiger partial charge < -0.3 is 19.7 Å². The Morgan fingerprint density at radius 3 is 2.21 bits per heavy atom. The molecule has 210 valence electrons. The molecule has 0 saturated carbocycles. The molecule has 1 aromatic heterocycles. The fourth-order valence-corrected chi connectivity index (χ4v) is 4.78. The number of benzene rings is 2. The van der Waals surface area contributed by atoms with Crippen LogP contribution in [0.4, 0.5) is 4.79 Å². The maximum Gasteiger partial charge on any atom is 0.424 e. The van der Waals surface area contributed by atoms with Crippen molar-refractivity contribution >= 4 is 22.0 Å². The van der Waals surface area contributed by atoms with Gasteiger partial charge in [-0.1, -0.05) is 72.7 Å². The second-order valence-electron chi connectivity index (χ2n) is 10.0. The van der Waals surface area contributed by atoms with Crippen molar-refractivity contribution in [3.05, 3.63) is 72.1 Å². The molecule has 11 nitrogen and oxygen atoms in total. The number of carbonyl (C=O) groups excluding carboxylic acids is 2. The molecule has 0 radical (unpaired) electrons. The minimum Gasteiger partial charge on any atom is -0.443 e. The number of nitrogens with one attached hydrogen (secondary N) is 1. The van der Waals surface area contributed by atoms with E-state index < -0.39 is 45.8 Å². The van der Waals surface area contributed by atoms with Crippen LogP contribution in [0.5, 0.6) is 0 Å². The van der Waals surface area contributed by atoms with Crippen LogP contribution >= 0.6 is 0 Å². The molecule has 0 aliphatic rings. The van der Waals surface area contributed by atoms with Crippen molar-refractivity contribution in [2.75, 3.05) is 6.26 Å². The first kappa shape index (κ1) is 29.8. The fourth-order valence-electron chi connectivity index (χ4n) is 3.84. The molecule has 0 aliphatic carbocycles. The number of ether oxygens (including phenoxy) is 1. The van der Waals surface area contributed by atoms with Gasteiger partial charge in [0.05, 0.1) is 12.3 Å². The zero-order valence-corrected chi connectivity index (χ0v) is 23.4. The van der Waals surface area contributed by atoms with Crippen molar-refractivity contribution in [1.29, 1.82) is 0 Å². The Kier molecular flexibility index (Phi) is 9.46. The summed E-state index contributed by atoms with van der Waals surface area (Å²) < 4.78 is 36.6. The predicted molar refractivity (Wildman–Crippen MR) is 144 cm³/mol. The highest BCUT2D eigenvalue weighted by molar-refractivity contribution is 7.88. The molecule has 0 bridgehead atoms. The van der Waals surface area contributed by atoms with Crippen molar-refractivity contribution in [2.24, 2.45) is 0 Å². The first-order valence-electron chi connectivity index (χ1n) is 12.4. The maximum atomic E-state index is 13.6. The van der Waals surface area contributed by atoms with Crippen LogP contribution in [-0.2, 0) is 26.0 Å². The Morgan fingerprint density at radius 1 is 1.08 bits per heavy atom. The second kappa shape index (κ2) is 12.4. The van der Waals surface area contributed by atoms with Gasteiger partial charge in [-0.3, -0.25) is 4.79 Å². The zero-order valence-electron chi connectivity index (χ0n) is 22.6. The van der Waals surface area contributed by atoms with Crippen LogP contribution in [0.25, 0.3) is 11.4 Å². The number of aliphatic hydroxyl groups is 1. The van der Waals surface area contributed by atoms with Crippen LogP contribution in [-0.4, -0.2) is 63.9 Å². The average molecular weight is 559 g/mol. The lowest BCUT2D eigenvalue weighted by atomic mass is 10.0. The SMILES string of the molecule is CCC(NC(=O)C(Cc1ccccc1)N(C(=O)OC(C)(C)C)S(C)(=O)=O)[C@@H](O)c1nc(-c2ccccc2)no1. The van der Waals surface area contributed by atoms with E-state index in [-0.39, 0.29) is 24.6 Å². The van der Waals surface area contributed by atoms with Crippen molar-refractivity contribution in [3.8, 4) is 11.4 Å². The van der Waals surface area contributed by atoms with E-state index in [1.54, 1.807) is 70.2 Å². The molecule has 0 spiro atoms. The first-order valence-corrected chi connectivity index (χ1v) is 14.3. The summed E-state index contributed by atoms with van der Waals surface area (Å²) in [5, 5.41) is 17.6. The van der Waals surface area contributed by atoms with Crippen LogP contribution in [0.2, 0.25) is 0 Å². The monoisotopic (exact) mass is 558 g/mol. The summed E-state index contributed by atoms with van der Waals surface area (Å²) in [6.45, 7) is 6.50. The molecular weight excluding hydrogens is 524 g/mol. The number of hydrogen-bond donors (Lipinski definition) is 2. The van der Waals surface area contributed by atoms with Crippen molar-refractivity contribution < 1.29 is 32.4 Å². The van der Waals surface area contributed by atoms with Gasteiger partial charge in [-0.2, -0.15) is 9.29 Å². The van der Waals surface area contributed by atoms with Gasteiger partial charge in [0.25, 0.3) is 5.89 Å². The molecule has 3 atom stereocenters. The average Bonchev–Trinajstić information content (AvgIpc) is 3.36. The molecule has 3 rings (SSSR count). The third-order valence-corrected chi connectivity index (χ3v) is 6.78. The van der Waals surface area contributed by atoms with Gasteiger partial charge in [-0.15, -0.1) is 0 Å². The van der Waals surface area contributed by atoms with E-state index in [9.17, 15) is 23.1 Å². The van der Waals surface area contributed by atoms with E-state index in [1.165, 1.54) is 0 Å². The minimum absolute atomic E-state index is 0.118. The van der Waals surface area contributed by atoms with Gasteiger partial charge in [-0.05, 0) is 32.8 Å². The lowest BCUT2D eigenvalue weighted by Crippen LogP contribution is -2.56. The number of amides is 2. The van der Waals surface area contributed by atoms with Crippen molar-refractivity contribution in [3.63, 3.8) is 0 Å². The highest BCUT2D eigenvalue weighted by Crippen LogP contribution is 2.23. The van der Waals surface area contributed by atoms with Crippen LogP contribution < -0.4 is 5.32 Å². The number of nitrogens with zero attached hydrogens (tertiary/aromatic N) is 3. The Morgan fingerprint density at radius 2 is 1.67 bits per heavy atom. The summed E-state index contributed by atoms with van der Waals surface area (Å²) in [7, 11) is -4.25. The molecule has 2 unspecified atom stereocenters. The van der Waals surface area contributed by atoms with Gasteiger partial charge in [0, 0.05) is 12.0 Å². The molecule has 39 heavy (non-hydrogen) atoms. The van der Waals surface area contributed by atoms with Crippen LogP contribution in [0.3, 0.4) is 0 Å². The van der Waals surface area contributed by atoms with E-state index >= 15 is 0 Å². The van der Waals surface area contributed by atoms with E-state index in [1.807, 2.05) is 18.2 Å². The smallest absolute Gasteiger partial charge is 0.424 e. The summed E-state index contributed by atoms with van der Waals surface area (Å²) in [6, 6.07) is 15.3. The molecule has 1 heterocycles. The van der Waals surface area contributed by atoms with E-state index in [4.69, 9.17) is 9.26 Å². The summed E-state index contributed by atoms with van der Waals surface area (Å²) in [5.74, 6) is -0.655. The van der Waals surface area contributed by atoms with Crippen molar-refractivity contribution in [1.82, 2.24) is 19.8 Å². The normalized spacial score (nSPS) is 14.2. The number of aromatic nitrogens is 2. The molecule has 0 saturated heterocycles. The maximum absolute atomic E-state index is 13.6. The lowest BCUT2D eigenvalue weighted by Gasteiger charge is -2.32. The Labute approximate surface area is 228 Å². The second-order valence-corrected chi connectivity index (χ2v) is 11.9.